The van der Waals surface area contributed by atoms with E-state index in [1.165, 1.54) is 6.92 Å². The Morgan fingerprint density at radius 3 is 1.97 bits per heavy atom. The van der Waals surface area contributed by atoms with Crippen molar-refractivity contribution in [1.29, 1.82) is 0 Å². The average Bonchev–Trinajstić information content (AvgIpc) is 3.35. The molecule has 0 spiro atoms. The number of hydrogen-bond acceptors (Lipinski definition) is 14. The molecule has 0 aliphatic carbocycles. The molecule has 10 atom stereocenters. The van der Waals surface area contributed by atoms with Gasteiger partial charge in [-0.3, -0.25) is 19.2 Å². The molecule has 0 amide bonds. The molecule has 4 fully saturated rings. The van der Waals surface area contributed by atoms with E-state index in [1.807, 2.05) is 0 Å². The van der Waals surface area contributed by atoms with Gasteiger partial charge in [0.2, 0.25) is 0 Å². The van der Waals surface area contributed by atoms with Crippen LogP contribution in [-0.4, -0.2) is 104 Å². The zero-order valence-corrected chi connectivity index (χ0v) is 21.4. The van der Waals surface area contributed by atoms with E-state index in [4.69, 9.17) is 47.4 Å². The van der Waals surface area contributed by atoms with Crippen molar-refractivity contribution in [3.63, 3.8) is 0 Å². The van der Waals surface area contributed by atoms with Gasteiger partial charge in [-0.05, 0) is 13.8 Å². The van der Waals surface area contributed by atoms with Crippen LogP contribution in [0.2, 0.25) is 0 Å². The second-order valence-corrected chi connectivity index (χ2v) is 9.61. The SMILES string of the molecule is CC(=O)OC[C@H]1O[C@@H](O[C@H]2[C@H]3OC(C)(C)O[C@@H]3[C@H]3OC[C@@H]2O3)[C@@H](OC(C)=O)[C@@H](OC(C)=O)[C@@H]1OC(C)=O. The maximum absolute atomic E-state index is 12.1. The van der Waals surface area contributed by atoms with E-state index in [0.29, 0.717) is 0 Å². The highest BCUT2D eigenvalue weighted by molar-refractivity contribution is 5.68. The Morgan fingerprint density at radius 2 is 1.35 bits per heavy atom. The van der Waals surface area contributed by atoms with E-state index in [-0.39, 0.29) is 13.2 Å². The average molecular weight is 532 g/mol. The summed E-state index contributed by atoms with van der Waals surface area (Å²) in [4.78, 5) is 47.5. The second-order valence-electron chi connectivity index (χ2n) is 9.61. The molecule has 0 aromatic heterocycles. The number of ether oxygens (including phenoxy) is 10. The largest absolute Gasteiger partial charge is 0.463 e. The van der Waals surface area contributed by atoms with Gasteiger partial charge in [0.25, 0.3) is 0 Å². The summed E-state index contributed by atoms with van der Waals surface area (Å²) in [5.74, 6) is -3.77. The van der Waals surface area contributed by atoms with Crippen molar-refractivity contribution in [2.75, 3.05) is 13.2 Å². The Labute approximate surface area is 213 Å². The molecular formula is C23H32O14. The monoisotopic (exact) mass is 532 g/mol. The summed E-state index contributed by atoms with van der Waals surface area (Å²) < 4.78 is 57.4. The Bertz CT molecular complexity index is 904. The van der Waals surface area contributed by atoms with Gasteiger partial charge in [-0.15, -0.1) is 0 Å². The summed E-state index contributed by atoms with van der Waals surface area (Å²) in [6, 6.07) is 0. The highest BCUT2D eigenvalue weighted by Crippen LogP contribution is 2.43. The lowest BCUT2D eigenvalue weighted by Crippen LogP contribution is -2.65. The first-order valence-corrected chi connectivity index (χ1v) is 11.9. The Balaban J connectivity index is 1.66. The molecule has 0 aromatic carbocycles. The zero-order chi connectivity index (χ0) is 27.1. The molecule has 14 nitrogen and oxygen atoms in total. The molecule has 0 saturated carbocycles. The van der Waals surface area contributed by atoms with E-state index in [9.17, 15) is 19.2 Å². The summed E-state index contributed by atoms with van der Waals surface area (Å²) in [6.45, 7) is 7.93. The minimum Gasteiger partial charge on any atom is -0.463 e. The molecule has 0 N–H and O–H groups in total. The molecule has 14 heteroatoms. The van der Waals surface area contributed by atoms with Crippen molar-refractivity contribution in [2.45, 2.75) is 109 Å². The molecule has 2 bridgehead atoms. The lowest BCUT2D eigenvalue weighted by atomic mass is 9.97. The van der Waals surface area contributed by atoms with Crippen LogP contribution in [-0.2, 0) is 66.5 Å². The Kier molecular flexibility index (Phi) is 8.07. The lowest BCUT2D eigenvalue weighted by Gasteiger charge is -2.46. The van der Waals surface area contributed by atoms with Crippen molar-refractivity contribution in [3.05, 3.63) is 0 Å². The minimum atomic E-state index is -1.38. The molecule has 37 heavy (non-hydrogen) atoms. The van der Waals surface area contributed by atoms with E-state index in [0.717, 1.165) is 20.8 Å². The van der Waals surface area contributed by atoms with Crippen molar-refractivity contribution >= 4 is 23.9 Å². The van der Waals surface area contributed by atoms with Crippen LogP contribution in [0.25, 0.3) is 0 Å². The molecular weight excluding hydrogens is 500 g/mol. The van der Waals surface area contributed by atoms with E-state index >= 15 is 0 Å². The first-order valence-electron chi connectivity index (χ1n) is 11.9. The first kappa shape index (κ1) is 27.7. The maximum atomic E-state index is 12.1. The quantitative estimate of drug-likeness (QED) is 0.311. The van der Waals surface area contributed by atoms with Gasteiger partial charge in [-0.1, -0.05) is 0 Å². The van der Waals surface area contributed by atoms with E-state index in [1.54, 1.807) is 13.8 Å². The fourth-order valence-corrected chi connectivity index (χ4v) is 4.90. The number of esters is 4. The molecule has 0 radical (unpaired) electrons. The van der Waals surface area contributed by atoms with Crippen molar-refractivity contribution in [2.24, 2.45) is 0 Å². The number of carbonyl (C=O) groups is 4. The standard InChI is InChI=1S/C23H32O14/c1-9(24)28-7-13-15(30-10(2)25)17(31-11(3)26)19(32-12(4)27)22(34-13)35-16-14-8-29-21(33-14)20-18(16)36-23(5,6)37-20/h13-22H,7-8H2,1-6H3/t13-,14+,15-,16-,17+,18-,19+,20+,21+,22+/m1/s1. The van der Waals surface area contributed by atoms with Gasteiger partial charge in [-0.25, -0.2) is 0 Å². The third-order valence-corrected chi connectivity index (χ3v) is 6.10. The number of rotatable bonds is 7. The number of fused-ring (bicyclic) bond motifs is 4. The molecule has 4 aliphatic rings. The summed E-state index contributed by atoms with van der Waals surface area (Å²) in [7, 11) is 0. The van der Waals surface area contributed by atoms with Crippen molar-refractivity contribution < 1.29 is 66.5 Å². The van der Waals surface area contributed by atoms with Crippen LogP contribution >= 0.6 is 0 Å². The summed E-state index contributed by atoms with van der Waals surface area (Å²) >= 11 is 0. The van der Waals surface area contributed by atoms with Crippen LogP contribution < -0.4 is 0 Å². The summed E-state index contributed by atoms with van der Waals surface area (Å²) in [5, 5.41) is 0. The summed E-state index contributed by atoms with van der Waals surface area (Å²) in [5.41, 5.74) is 0. The molecule has 0 unspecified atom stereocenters. The zero-order valence-electron chi connectivity index (χ0n) is 21.4. The fraction of sp³-hybridized carbons (Fsp3) is 0.826. The van der Waals surface area contributed by atoms with Crippen LogP contribution in [0.1, 0.15) is 41.5 Å². The van der Waals surface area contributed by atoms with E-state index in [2.05, 4.69) is 0 Å². The topological polar surface area (TPSA) is 161 Å². The van der Waals surface area contributed by atoms with E-state index < -0.39 is 91.1 Å². The molecule has 0 aromatic rings. The molecule has 4 rings (SSSR count). The van der Waals surface area contributed by atoms with Gasteiger partial charge in [0.1, 0.15) is 37.1 Å². The number of carbonyl (C=O) groups excluding carboxylic acids is 4. The molecule has 208 valence electrons. The minimum absolute atomic E-state index is 0.181. The van der Waals surface area contributed by atoms with Crippen LogP contribution in [0, 0.1) is 0 Å². The lowest BCUT2D eigenvalue weighted by molar-refractivity contribution is -0.335. The summed E-state index contributed by atoms with van der Waals surface area (Å²) in [6.07, 6.45) is -9.79. The van der Waals surface area contributed by atoms with Gasteiger partial charge in [-0.2, -0.15) is 0 Å². The molecule has 4 aliphatic heterocycles. The number of hydrogen-bond donors (Lipinski definition) is 0. The second kappa shape index (κ2) is 10.8. The van der Waals surface area contributed by atoms with Gasteiger partial charge in [0.05, 0.1) is 6.61 Å². The predicted molar refractivity (Wildman–Crippen MR) is 115 cm³/mol. The molecule has 4 saturated heterocycles. The predicted octanol–water partition coefficient (Wildman–Crippen LogP) is -0.270. The Hall–Kier alpha value is -2.36. The maximum Gasteiger partial charge on any atom is 0.303 e. The molecule has 4 heterocycles. The smallest absolute Gasteiger partial charge is 0.303 e. The van der Waals surface area contributed by atoms with Gasteiger partial charge in [0.15, 0.2) is 36.7 Å². The third kappa shape index (κ3) is 6.21. The van der Waals surface area contributed by atoms with Crippen LogP contribution in [0.5, 0.6) is 0 Å². The van der Waals surface area contributed by atoms with Gasteiger partial charge in [0, 0.05) is 27.7 Å². The fourth-order valence-electron chi connectivity index (χ4n) is 4.90. The third-order valence-electron chi connectivity index (χ3n) is 6.10. The van der Waals surface area contributed by atoms with Gasteiger partial charge < -0.3 is 47.4 Å². The normalized spacial score (nSPS) is 39.8. The van der Waals surface area contributed by atoms with Crippen molar-refractivity contribution in [3.8, 4) is 0 Å². The highest BCUT2D eigenvalue weighted by atomic mass is 16.8. The van der Waals surface area contributed by atoms with Crippen LogP contribution in [0.3, 0.4) is 0 Å². The van der Waals surface area contributed by atoms with Crippen LogP contribution in [0.15, 0.2) is 0 Å². The first-order chi connectivity index (χ1) is 17.3. The highest BCUT2D eigenvalue weighted by Gasteiger charge is 2.61. The van der Waals surface area contributed by atoms with Crippen molar-refractivity contribution in [1.82, 2.24) is 0 Å². The Morgan fingerprint density at radius 1 is 0.757 bits per heavy atom. The van der Waals surface area contributed by atoms with Gasteiger partial charge >= 0.3 is 23.9 Å². The van der Waals surface area contributed by atoms with Crippen LogP contribution in [0.4, 0.5) is 0 Å².